The number of hydrogen-bond donors (Lipinski definition) is 3. The van der Waals surface area contributed by atoms with Gasteiger partial charge in [0, 0.05) is 19.5 Å². The molecular weight excluding hydrogens is 305 g/mol. The van der Waals surface area contributed by atoms with E-state index in [9.17, 15) is 33.0 Å². The number of hydrogen-bond acceptors (Lipinski definition) is 3. The average molecular weight is 326 g/mol. The number of rotatable bonds is 5. The monoisotopic (exact) mass is 326 g/mol. The van der Waals surface area contributed by atoms with Gasteiger partial charge in [0.25, 0.3) is 0 Å². The zero-order chi connectivity index (χ0) is 17.2. The Bertz CT molecular complexity index is 437. The zero-order valence-corrected chi connectivity index (χ0v) is 12.5. The Kier molecular flexibility index (Phi) is 5.32. The molecule has 2 amide bonds. The van der Waals surface area contributed by atoms with Crippen molar-refractivity contribution in [2.75, 3.05) is 19.6 Å². The summed E-state index contributed by atoms with van der Waals surface area (Å²) in [4.78, 5) is 24.1. The molecule has 0 aromatic carbocycles. The molecule has 1 aliphatic heterocycles. The lowest BCUT2D eigenvalue weighted by molar-refractivity contribution is -0.253. The minimum Gasteiger partial charge on any atom is -0.481 e. The number of amides is 2. The fourth-order valence-electron chi connectivity index (χ4n) is 2.43. The molecule has 1 rings (SSSR count). The van der Waals surface area contributed by atoms with Gasteiger partial charge in [-0.05, 0) is 12.8 Å². The molecule has 1 heterocycles. The van der Waals surface area contributed by atoms with Crippen LogP contribution in [0.15, 0.2) is 0 Å². The molecule has 1 aliphatic rings. The Morgan fingerprint density at radius 3 is 2.18 bits per heavy atom. The first-order chi connectivity index (χ1) is 10.0. The van der Waals surface area contributed by atoms with Crippen molar-refractivity contribution < 1.29 is 33.0 Å². The molecule has 0 bridgehead atoms. The van der Waals surface area contributed by atoms with E-state index in [2.05, 4.69) is 5.32 Å². The van der Waals surface area contributed by atoms with E-state index in [1.165, 1.54) is 0 Å². The Labute approximate surface area is 126 Å². The Hall–Kier alpha value is -1.51. The molecular formula is C13H21F3N2O4. The highest BCUT2D eigenvalue weighted by Crippen LogP contribution is 2.37. The number of nitrogens with one attached hydrogen (secondary N) is 1. The van der Waals surface area contributed by atoms with E-state index in [1.807, 2.05) is 0 Å². The third-order valence-electron chi connectivity index (χ3n) is 4.45. The van der Waals surface area contributed by atoms with E-state index in [4.69, 9.17) is 0 Å². The average Bonchev–Trinajstić information content (AvgIpc) is 2.83. The van der Waals surface area contributed by atoms with Gasteiger partial charge in [-0.15, -0.1) is 0 Å². The van der Waals surface area contributed by atoms with Crippen LogP contribution in [0.3, 0.4) is 0 Å². The van der Waals surface area contributed by atoms with Crippen LogP contribution in [0.4, 0.5) is 18.0 Å². The lowest BCUT2D eigenvalue weighted by Crippen LogP contribution is -2.51. The van der Waals surface area contributed by atoms with E-state index >= 15 is 0 Å². The third kappa shape index (κ3) is 3.45. The van der Waals surface area contributed by atoms with Crippen LogP contribution < -0.4 is 5.32 Å². The zero-order valence-electron chi connectivity index (χ0n) is 12.5. The molecule has 6 nitrogen and oxygen atoms in total. The van der Waals surface area contributed by atoms with Crippen molar-refractivity contribution in [3.8, 4) is 0 Å². The van der Waals surface area contributed by atoms with Gasteiger partial charge in [0.1, 0.15) is 0 Å². The van der Waals surface area contributed by atoms with Crippen LogP contribution in [-0.2, 0) is 4.79 Å². The number of urea groups is 1. The highest BCUT2D eigenvalue weighted by molar-refractivity contribution is 5.78. The van der Waals surface area contributed by atoms with Crippen LogP contribution in [0.1, 0.15) is 33.1 Å². The van der Waals surface area contributed by atoms with Crippen LogP contribution in [0.2, 0.25) is 0 Å². The number of halogens is 3. The first-order valence-corrected chi connectivity index (χ1v) is 7.06. The first-order valence-electron chi connectivity index (χ1n) is 7.06. The number of aliphatic carboxylic acids is 1. The number of aliphatic hydroxyl groups is 1. The molecule has 1 fully saturated rings. The molecule has 0 radical (unpaired) electrons. The SMILES string of the molecule is CCC(CC)(CNC(=O)N1CCC(O)(C(F)(F)F)C1)C(=O)O. The number of carbonyl (C=O) groups excluding carboxylic acids is 1. The summed E-state index contributed by atoms with van der Waals surface area (Å²) in [5, 5.41) is 21.1. The van der Waals surface area contributed by atoms with E-state index in [0.29, 0.717) is 0 Å². The van der Waals surface area contributed by atoms with Gasteiger partial charge in [0.15, 0.2) is 5.60 Å². The number of carboxylic acids is 1. The van der Waals surface area contributed by atoms with Crippen LogP contribution in [-0.4, -0.2) is 58.5 Å². The highest BCUT2D eigenvalue weighted by atomic mass is 19.4. The number of likely N-dealkylation sites (tertiary alicyclic amines) is 1. The Balaban J connectivity index is 2.67. The number of β-amino-alcohol motifs (C(OH)–C–C–N with tert-alkyl or cyclic N) is 1. The van der Waals surface area contributed by atoms with Gasteiger partial charge in [-0.2, -0.15) is 13.2 Å². The van der Waals surface area contributed by atoms with Crippen LogP contribution in [0, 0.1) is 5.41 Å². The van der Waals surface area contributed by atoms with E-state index < -0.39 is 42.2 Å². The summed E-state index contributed by atoms with van der Waals surface area (Å²) in [5.74, 6) is -1.06. The first kappa shape index (κ1) is 18.5. The summed E-state index contributed by atoms with van der Waals surface area (Å²) in [6.45, 7) is 2.08. The van der Waals surface area contributed by atoms with Crippen molar-refractivity contribution in [2.45, 2.75) is 44.9 Å². The van der Waals surface area contributed by atoms with Gasteiger partial charge in [-0.3, -0.25) is 4.79 Å². The van der Waals surface area contributed by atoms with Crippen molar-refractivity contribution in [3.05, 3.63) is 0 Å². The van der Waals surface area contributed by atoms with Crippen molar-refractivity contribution in [3.63, 3.8) is 0 Å². The molecule has 3 N–H and O–H groups in total. The molecule has 0 aromatic rings. The minimum atomic E-state index is -4.81. The molecule has 1 unspecified atom stereocenters. The maximum Gasteiger partial charge on any atom is 0.419 e. The summed E-state index contributed by atoms with van der Waals surface area (Å²) in [6, 6.07) is -0.798. The van der Waals surface area contributed by atoms with Gasteiger partial charge in [0.2, 0.25) is 0 Å². The summed E-state index contributed by atoms with van der Waals surface area (Å²) in [6.07, 6.45) is -4.83. The fourth-order valence-corrected chi connectivity index (χ4v) is 2.43. The smallest absolute Gasteiger partial charge is 0.419 e. The predicted molar refractivity (Wildman–Crippen MR) is 71.2 cm³/mol. The fraction of sp³-hybridized carbons (Fsp3) is 0.846. The van der Waals surface area contributed by atoms with Gasteiger partial charge < -0.3 is 20.4 Å². The molecule has 9 heteroatoms. The van der Waals surface area contributed by atoms with Crippen molar-refractivity contribution >= 4 is 12.0 Å². The quantitative estimate of drug-likeness (QED) is 0.715. The van der Waals surface area contributed by atoms with E-state index in [1.54, 1.807) is 13.8 Å². The van der Waals surface area contributed by atoms with Crippen LogP contribution >= 0.6 is 0 Å². The second-order valence-corrected chi connectivity index (χ2v) is 5.65. The molecule has 0 spiro atoms. The molecule has 1 atom stereocenters. The van der Waals surface area contributed by atoms with Gasteiger partial charge in [-0.25, -0.2) is 4.79 Å². The number of alkyl halides is 3. The normalized spacial score (nSPS) is 22.7. The summed E-state index contributed by atoms with van der Waals surface area (Å²) < 4.78 is 38.1. The Morgan fingerprint density at radius 2 is 1.82 bits per heavy atom. The van der Waals surface area contributed by atoms with Crippen molar-refractivity contribution in [1.82, 2.24) is 10.2 Å². The van der Waals surface area contributed by atoms with Crippen molar-refractivity contribution in [2.24, 2.45) is 5.41 Å². The van der Waals surface area contributed by atoms with Crippen LogP contribution in [0.25, 0.3) is 0 Å². The van der Waals surface area contributed by atoms with E-state index in [-0.39, 0.29) is 25.9 Å². The lowest BCUT2D eigenvalue weighted by atomic mass is 9.82. The lowest BCUT2D eigenvalue weighted by Gasteiger charge is -2.29. The van der Waals surface area contributed by atoms with E-state index in [0.717, 1.165) is 4.90 Å². The van der Waals surface area contributed by atoms with Crippen LogP contribution in [0.5, 0.6) is 0 Å². The Morgan fingerprint density at radius 1 is 1.27 bits per heavy atom. The summed E-state index contributed by atoms with van der Waals surface area (Å²) in [7, 11) is 0. The molecule has 0 saturated carbocycles. The van der Waals surface area contributed by atoms with Gasteiger partial charge in [0.05, 0.1) is 12.0 Å². The molecule has 0 aliphatic carbocycles. The molecule has 128 valence electrons. The number of nitrogens with zero attached hydrogens (tertiary/aromatic N) is 1. The van der Waals surface area contributed by atoms with Gasteiger partial charge >= 0.3 is 18.2 Å². The second-order valence-electron chi connectivity index (χ2n) is 5.65. The number of carboxylic acid groups (broad SMARTS) is 1. The minimum absolute atomic E-state index is 0.172. The second kappa shape index (κ2) is 6.31. The van der Waals surface area contributed by atoms with Crippen molar-refractivity contribution in [1.29, 1.82) is 0 Å². The van der Waals surface area contributed by atoms with Gasteiger partial charge in [-0.1, -0.05) is 13.8 Å². The number of carbonyl (C=O) groups is 2. The summed E-state index contributed by atoms with van der Waals surface area (Å²) >= 11 is 0. The largest absolute Gasteiger partial charge is 0.481 e. The maximum absolute atomic E-state index is 12.7. The highest BCUT2D eigenvalue weighted by Gasteiger charge is 2.57. The standard InChI is InChI=1S/C13H21F3N2O4/c1-3-11(4-2,9(19)20)7-17-10(21)18-6-5-12(22,8-18)13(14,15)16/h22H,3-8H2,1-2H3,(H,17,21)(H,19,20). The summed E-state index contributed by atoms with van der Waals surface area (Å²) in [5.41, 5.74) is -4.04. The topological polar surface area (TPSA) is 89.9 Å². The maximum atomic E-state index is 12.7. The molecule has 0 aromatic heterocycles. The molecule has 22 heavy (non-hydrogen) atoms. The molecule has 1 saturated heterocycles. The third-order valence-corrected chi connectivity index (χ3v) is 4.45. The predicted octanol–water partition coefficient (Wildman–Crippen LogP) is 1.59.